The van der Waals surface area contributed by atoms with E-state index in [-0.39, 0.29) is 18.1 Å². The second-order valence-corrected chi connectivity index (χ2v) is 6.84. The van der Waals surface area contributed by atoms with Crippen LogP contribution in [-0.2, 0) is 16.1 Å². The molecule has 0 aliphatic carbocycles. The molecule has 1 aromatic carbocycles. The fraction of sp³-hybridized carbons (Fsp3) is 0.611. The average molecular weight is 302 g/mol. The van der Waals surface area contributed by atoms with Gasteiger partial charge in [0.25, 0.3) is 5.91 Å². The molecule has 0 saturated carbocycles. The summed E-state index contributed by atoms with van der Waals surface area (Å²) in [7, 11) is 3.61. The van der Waals surface area contributed by atoms with Gasteiger partial charge in [-0.3, -0.25) is 9.69 Å². The number of benzene rings is 1. The van der Waals surface area contributed by atoms with E-state index >= 15 is 0 Å². The molecule has 0 unspecified atom stereocenters. The average Bonchev–Trinajstić information content (AvgIpc) is 2.91. The normalized spacial score (nSPS) is 28.4. The van der Waals surface area contributed by atoms with Crippen LogP contribution in [0.2, 0.25) is 0 Å². The fourth-order valence-corrected chi connectivity index (χ4v) is 3.61. The number of aryl methyl sites for hydroxylation is 1. The molecule has 4 heteroatoms. The molecular formula is C18H26N2O2. The number of carbonyl (C=O) groups is 1. The highest BCUT2D eigenvalue weighted by atomic mass is 16.5. The van der Waals surface area contributed by atoms with Crippen LogP contribution in [0.4, 0.5) is 0 Å². The minimum Gasteiger partial charge on any atom is -0.364 e. The van der Waals surface area contributed by atoms with Gasteiger partial charge >= 0.3 is 0 Å². The molecule has 4 nitrogen and oxygen atoms in total. The lowest BCUT2D eigenvalue weighted by atomic mass is 9.91. The number of piperidine rings is 1. The van der Waals surface area contributed by atoms with Gasteiger partial charge in [0.05, 0.1) is 6.10 Å². The Kier molecular flexibility index (Phi) is 4.50. The predicted octanol–water partition coefficient (Wildman–Crippen LogP) is 2.06. The topological polar surface area (TPSA) is 32.8 Å². The molecule has 0 radical (unpaired) electrons. The van der Waals surface area contributed by atoms with E-state index in [0.29, 0.717) is 5.92 Å². The van der Waals surface area contributed by atoms with Crippen molar-refractivity contribution in [3.05, 3.63) is 35.4 Å². The van der Waals surface area contributed by atoms with Crippen LogP contribution in [0.3, 0.4) is 0 Å². The quantitative estimate of drug-likeness (QED) is 0.857. The lowest BCUT2D eigenvalue weighted by Gasteiger charge is -2.34. The van der Waals surface area contributed by atoms with Crippen LogP contribution in [0.1, 0.15) is 24.0 Å². The molecule has 0 bridgehead atoms. The van der Waals surface area contributed by atoms with E-state index in [1.54, 1.807) is 19.0 Å². The lowest BCUT2D eigenvalue weighted by molar-refractivity contribution is -0.141. The molecule has 2 aliphatic rings. The first kappa shape index (κ1) is 15.5. The summed E-state index contributed by atoms with van der Waals surface area (Å²) < 4.78 is 6.05. The molecule has 3 rings (SSSR count). The van der Waals surface area contributed by atoms with E-state index < -0.39 is 0 Å². The maximum atomic E-state index is 12.1. The van der Waals surface area contributed by atoms with Gasteiger partial charge in [0.15, 0.2) is 0 Å². The lowest BCUT2D eigenvalue weighted by Crippen LogP contribution is -2.42. The van der Waals surface area contributed by atoms with Crippen LogP contribution in [0, 0.1) is 12.8 Å². The zero-order chi connectivity index (χ0) is 15.7. The number of hydrogen-bond donors (Lipinski definition) is 0. The van der Waals surface area contributed by atoms with Crippen molar-refractivity contribution >= 4 is 5.91 Å². The smallest absolute Gasteiger partial charge is 0.251 e. The summed E-state index contributed by atoms with van der Waals surface area (Å²) in [6.45, 7) is 5.18. The SMILES string of the molecule is Cc1ccccc1CN1CC[C@H]2C[C@@H](C(=O)N(C)C)O[C@H]2C1. The first-order valence-electron chi connectivity index (χ1n) is 8.18. The molecular weight excluding hydrogens is 276 g/mol. The standard InChI is InChI=1S/C18H26N2O2/c1-13-6-4-5-7-15(13)11-20-9-8-14-10-16(18(21)19(2)3)22-17(14)12-20/h4-7,14,16-17H,8-12H2,1-3H3/t14-,16-,17-/m0/s1. The maximum absolute atomic E-state index is 12.1. The number of carbonyl (C=O) groups excluding carboxylic acids is 1. The van der Waals surface area contributed by atoms with Crippen molar-refractivity contribution < 1.29 is 9.53 Å². The molecule has 2 fully saturated rings. The summed E-state index contributed by atoms with van der Waals surface area (Å²) >= 11 is 0. The van der Waals surface area contributed by atoms with Gasteiger partial charge in [0, 0.05) is 27.2 Å². The Labute approximate surface area is 133 Å². The predicted molar refractivity (Wildman–Crippen MR) is 86.5 cm³/mol. The van der Waals surface area contributed by atoms with Gasteiger partial charge in [-0.05, 0) is 43.4 Å². The molecule has 1 amide bonds. The minimum absolute atomic E-state index is 0.111. The largest absolute Gasteiger partial charge is 0.364 e. The van der Waals surface area contributed by atoms with Crippen molar-refractivity contribution in [1.29, 1.82) is 0 Å². The third-order valence-electron chi connectivity index (χ3n) is 5.01. The molecule has 3 atom stereocenters. The van der Waals surface area contributed by atoms with Gasteiger partial charge in [-0.25, -0.2) is 0 Å². The molecule has 2 saturated heterocycles. The molecule has 120 valence electrons. The van der Waals surface area contributed by atoms with Crippen LogP contribution in [0.25, 0.3) is 0 Å². The molecule has 2 aliphatic heterocycles. The molecule has 0 N–H and O–H groups in total. The highest BCUT2D eigenvalue weighted by Gasteiger charge is 2.42. The summed E-state index contributed by atoms with van der Waals surface area (Å²) in [6.07, 6.45) is 2.00. The Morgan fingerprint density at radius 2 is 2.14 bits per heavy atom. The van der Waals surface area contributed by atoms with Crippen molar-refractivity contribution in [3.63, 3.8) is 0 Å². The first-order chi connectivity index (χ1) is 10.5. The van der Waals surface area contributed by atoms with Gasteiger partial charge in [0.1, 0.15) is 6.10 Å². The van der Waals surface area contributed by atoms with Crippen LogP contribution < -0.4 is 0 Å². The monoisotopic (exact) mass is 302 g/mol. The van der Waals surface area contributed by atoms with Gasteiger partial charge in [-0.2, -0.15) is 0 Å². The number of likely N-dealkylation sites (tertiary alicyclic amines) is 1. The van der Waals surface area contributed by atoms with E-state index in [1.807, 2.05) is 0 Å². The van der Waals surface area contributed by atoms with Gasteiger partial charge in [-0.15, -0.1) is 0 Å². The van der Waals surface area contributed by atoms with Crippen LogP contribution in [0.5, 0.6) is 0 Å². The number of rotatable bonds is 3. The van der Waals surface area contributed by atoms with Gasteiger partial charge in [-0.1, -0.05) is 24.3 Å². The number of likely N-dealkylation sites (N-methyl/N-ethyl adjacent to an activating group) is 1. The molecule has 0 aromatic heterocycles. The second-order valence-electron chi connectivity index (χ2n) is 6.84. The van der Waals surface area contributed by atoms with Crippen molar-refractivity contribution in [3.8, 4) is 0 Å². The highest BCUT2D eigenvalue weighted by Crippen LogP contribution is 2.34. The van der Waals surface area contributed by atoms with Crippen LogP contribution in [0.15, 0.2) is 24.3 Å². The Morgan fingerprint density at radius 1 is 1.36 bits per heavy atom. The van der Waals surface area contributed by atoms with E-state index in [2.05, 4.69) is 36.1 Å². The Hall–Kier alpha value is -1.39. The highest BCUT2D eigenvalue weighted by molar-refractivity contribution is 5.80. The first-order valence-corrected chi connectivity index (χ1v) is 8.18. The second kappa shape index (κ2) is 6.39. The van der Waals surface area contributed by atoms with Crippen LogP contribution >= 0.6 is 0 Å². The van der Waals surface area contributed by atoms with E-state index in [1.165, 1.54) is 11.1 Å². The maximum Gasteiger partial charge on any atom is 0.251 e. The number of hydrogen-bond acceptors (Lipinski definition) is 3. The summed E-state index contributed by atoms with van der Waals surface area (Å²) in [5, 5.41) is 0. The molecule has 2 heterocycles. The van der Waals surface area contributed by atoms with Gasteiger partial charge < -0.3 is 9.64 Å². The molecule has 0 spiro atoms. The summed E-state index contributed by atoms with van der Waals surface area (Å²) in [5.41, 5.74) is 2.73. The third kappa shape index (κ3) is 3.18. The number of amides is 1. The summed E-state index contributed by atoms with van der Waals surface area (Å²) in [4.78, 5) is 16.2. The van der Waals surface area contributed by atoms with Crippen LogP contribution in [-0.4, -0.2) is 55.1 Å². The van der Waals surface area contributed by atoms with E-state index in [4.69, 9.17) is 4.74 Å². The molecule has 22 heavy (non-hydrogen) atoms. The fourth-order valence-electron chi connectivity index (χ4n) is 3.61. The third-order valence-corrected chi connectivity index (χ3v) is 5.01. The Bertz CT molecular complexity index is 544. The zero-order valence-electron chi connectivity index (χ0n) is 13.8. The van der Waals surface area contributed by atoms with Gasteiger partial charge in [0.2, 0.25) is 0 Å². The van der Waals surface area contributed by atoms with Crippen molar-refractivity contribution in [2.45, 2.75) is 38.5 Å². The number of ether oxygens (including phenoxy) is 1. The Balaban J connectivity index is 1.60. The zero-order valence-corrected chi connectivity index (χ0v) is 13.8. The number of fused-ring (bicyclic) bond motifs is 1. The van der Waals surface area contributed by atoms with Crippen molar-refractivity contribution in [1.82, 2.24) is 9.80 Å². The number of nitrogens with zero attached hydrogens (tertiary/aromatic N) is 2. The van der Waals surface area contributed by atoms with Crippen molar-refractivity contribution in [2.75, 3.05) is 27.2 Å². The minimum atomic E-state index is -0.233. The van der Waals surface area contributed by atoms with E-state index in [9.17, 15) is 4.79 Å². The summed E-state index contributed by atoms with van der Waals surface area (Å²) in [5.74, 6) is 0.655. The van der Waals surface area contributed by atoms with E-state index in [0.717, 1.165) is 32.5 Å². The summed E-state index contributed by atoms with van der Waals surface area (Å²) in [6, 6.07) is 8.56. The molecule has 1 aromatic rings. The Morgan fingerprint density at radius 3 is 2.86 bits per heavy atom. The van der Waals surface area contributed by atoms with Crippen molar-refractivity contribution in [2.24, 2.45) is 5.92 Å².